The number of nitrogens with zero attached hydrogens (tertiary/aromatic N) is 2. The number of pyridine rings is 1. The molecule has 1 amide bonds. The number of carbonyl (C=O) groups is 1. The smallest absolute Gasteiger partial charge is 0.254 e. The summed E-state index contributed by atoms with van der Waals surface area (Å²) in [7, 11) is 0. The second-order valence-corrected chi connectivity index (χ2v) is 3.94. The van der Waals surface area contributed by atoms with E-state index in [9.17, 15) is 9.18 Å². The van der Waals surface area contributed by atoms with E-state index >= 15 is 0 Å². The minimum Gasteiger partial charge on any atom is -0.381 e. The van der Waals surface area contributed by atoms with Gasteiger partial charge in [-0.05, 0) is 6.07 Å². The van der Waals surface area contributed by atoms with Crippen LogP contribution in [0.15, 0.2) is 23.2 Å². The van der Waals surface area contributed by atoms with Crippen molar-refractivity contribution in [2.45, 2.75) is 6.54 Å². The lowest BCUT2D eigenvalue weighted by atomic mass is 10.2. The average Bonchev–Trinajstić information content (AvgIpc) is 2.82. The maximum absolute atomic E-state index is 13.5. The molecule has 7 heteroatoms. The minimum absolute atomic E-state index is 0.118. The number of nitrogen functional groups attached to an aromatic ring is 1. The monoisotopic (exact) mass is 252 g/mol. The Hall–Kier alpha value is -2.02. The van der Waals surface area contributed by atoms with Crippen LogP contribution in [0.2, 0.25) is 0 Å². The molecule has 0 unspecified atom stereocenters. The Morgan fingerprint density at radius 2 is 2.35 bits per heavy atom. The second-order valence-electron chi connectivity index (χ2n) is 3.22. The fourth-order valence-electron chi connectivity index (χ4n) is 1.23. The largest absolute Gasteiger partial charge is 0.381 e. The van der Waals surface area contributed by atoms with Gasteiger partial charge in [-0.15, -0.1) is 11.3 Å². The van der Waals surface area contributed by atoms with Crippen molar-refractivity contribution >= 4 is 23.1 Å². The zero-order chi connectivity index (χ0) is 12.3. The van der Waals surface area contributed by atoms with Crippen molar-refractivity contribution in [2.24, 2.45) is 0 Å². The van der Waals surface area contributed by atoms with Crippen LogP contribution in [-0.4, -0.2) is 15.9 Å². The lowest BCUT2D eigenvalue weighted by Gasteiger charge is -2.05. The molecule has 0 saturated carbocycles. The van der Waals surface area contributed by atoms with Crippen LogP contribution in [0.1, 0.15) is 16.1 Å². The average molecular weight is 252 g/mol. The number of aromatic nitrogens is 2. The van der Waals surface area contributed by atoms with Crippen molar-refractivity contribution in [3.05, 3.63) is 40.2 Å². The predicted octanol–water partition coefficient (Wildman–Crippen LogP) is 1.19. The van der Waals surface area contributed by atoms with E-state index in [0.717, 1.165) is 5.69 Å². The van der Waals surface area contributed by atoms with Gasteiger partial charge in [0.25, 0.3) is 5.91 Å². The summed E-state index contributed by atoms with van der Waals surface area (Å²) in [5.74, 6) is -1.63. The van der Waals surface area contributed by atoms with Gasteiger partial charge in [0.1, 0.15) is 0 Å². The van der Waals surface area contributed by atoms with Gasteiger partial charge in [-0.3, -0.25) is 4.79 Å². The van der Waals surface area contributed by atoms with Gasteiger partial charge in [-0.25, -0.2) is 14.4 Å². The van der Waals surface area contributed by atoms with Crippen LogP contribution in [0, 0.1) is 5.82 Å². The summed E-state index contributed by atoms with van der Waals surface area (Å²) in [6.07, 6.45) is 1.29. The maximum Gasteiger partial charge on any atom is 0.254 e. The van der Waals surface area contributed by atoms with Crippen molar-refractivity contribution in [3.63, 3.8) is 0 Å². The van der Waals surface area contributed by atoms with Crippen LogP contribution in [0.25, 0.3) is 0 Å². The van der Waals surface area contributed by atoms with Gasteiger partial charge in [0.15, 0.2) is 11.6 Å². The number of hydrogen-bond donors (Lipinski definition) is 2. The molecular formula is C10H9FN4OS. The van der Waals surface area contributed by atoms with Crippen molar-refractivity contribution in [3.8, 4) is 0 Å². The van der Waals surface area contributed by atoms with Gasteiger partial charge in [0.05, 0.1) is 23.3 Å². The third-order valence-corrected chi connectivity index (χ3v) is 2.71. The van der Waals surface area contributed by atoms with E-state index in [-0.39, 0.29) is 17.9 Å². The molecule has 17 heavy (non-hydrogen) atoms. The molecule has 0 atom stereocenters. The molecule has 2 aromatic rings. The molecule has 0 aromatic carbocycles. The van der Waals surface area contributed by atoms with Crippen LogP contribution in [0.5, 0.6) is 0 Å². The van der Waals surface area contributed by atoms with Crippen LogP contribution in [-0.2, 0) is 6.54 Å². The highest BCUT2D eigenvalue weighted by Crippen LogP contribution is 2.11. The topological polar surface area (TPSA) is 80.9 Å². The van der Waals surface area contributed by atoms with E-state index in [2.05, 4.69) is 15.3 Å². The number of thiazole rings is 1. The zero-order valence-electron chi connectivity index (χ0n) is 8.68. The van der Waals surface area contributed by atoms with E-state index in [0.29, 0.717) is 0 Å². The Balaban J connectivity index is 2.07. The number of carbonyl (C=O) groups excluding carboxylic acids is 1. The molecule has 88 valence electrons. The number of anilines is 1. The summed E-state index contributed by atoms with van der Waals surface area (Å²) in [5.41, 5.74) is 7.54. The quantitative estimate of drug-likeness (QED) is 0.859. The first-order valence-corrected chi connectivity index (χ1v) is 5.68. The summed E-state index contributed by atoms with van der Waals surface area (Å²) < 4.78 is 13.5. The van der Waals surface area contributed by atoms with Crippen LogP contribution in [0.3, 0.4) is 0 Å². The van der Waals surface area contributed by atoms with E-state index < -0.39 is 11.7 Å². The fourth-order valence-corrected chi connectivity index (χ4v) is 1.78. The zero-order valence-corrected chi connectivity index (χ0v) is 9.50. The Morgan fingerprint density at radius 1 is 1.53 bits per heavy atom. The maximum atomic E-state index is 13.5. The van der Waals surface area contributed by atoms with Crippen molar-refractivity contribution in [1.29, 1.82) is 0 Å². The Bertz CT molecular complexity index is 529. The third-order valence-electron chi connectivity index (χ3n) is 2.07. The lowest BCUT2D eigenvalue weighted by molar-refractivity contribution is 0.0946. The lowest BCUT2D eigenvalue weighted by Crippen LogP contribution is -2.24. The molecule has 0 bridgehead atoms. The Labute approximate surface area is 101 Å². The summed E-state index contributed by atoms with van der Waals surface area (Å²) in [4.78, 5) is 19.2. The standard InChI is InChI=1S/C10H9FN4OS/c11-8-7(1-2-13-9(8)12)10(16)14-3-6-4-17-5-15-6/h1-2,4-5H,3H2,(H2,12,13)(H,14,16). The fraction of sp³-hybridized carbons (Fsp3) is 0.100. The molecule has 0 aliphatic heterocycles. The first kappa shape index (κ1) is 11.5. The SMILES string of the molecule is Nc1nccc(C(=O)NCc2cscn2)c1F. The summed E-state index contributed by atoms with van der Waals surface area (Å²) >= 11 is 1.43. The molecule has 0 saturated heterocycles. The van der Waals surface area contributed by atoms with Gasteiger partial charge in [0, 0.05) is 11.6 Å². The summed E-state index contributed by atoms with van der Waals surface area (Å²) in [5, 5.41) is 4.35. The van der Waals surface area contributed by atoms with Crippen molar-refractivity contribution in [1.82, 2.24) is 15.3 Å². The number of hydrogen-bond acceptors (Lipinski definition) is 5. The summed E-state index contributed by atoms with van der Waals surface area (Å²) in [6.45, 7) is 0.254. The molecule has 0 fully saturated rings. The van der Waals surface area contributed by atoms with Crippen LogP contribution in [0.4, 0.5) is 10.2 Å². The Morgan fingerprint density at radius 3 is 3.06 bits per heavy atom. The van der Waals surface area contributed by atoms with Crippen molar-refractivity contribution in [2.75, 3.05) is 5.73 Å². The number of halogens is 1. The summed E-state index contributed by atoms with van der Waals surface area (Å²) in [6, 6.07) is 1.28. The highest BCUT2D eigenvalue weighted by atomic mass is 32.1. The second kappa shape index (κ2) is 4.88. The van der Waals surface area contributed by atoms with Crippen LogP contribution < -0.4 is 11.1 Å². The number of nitrogens with two attached hydrogens (primary N) is 1. The first-order chi connectivity index (χ1) is 8.18. The molecule has 0 aliphatic rings. The minimum atomic E-state index is -0.803. The van der Waals surface area contributed by atoms with Gasteiger partial charge in [-0.1, -0.05) is 0 Å². The highest BCUT2D eigenvalue weighted by Gasteiger charge is 2.14. The first-order valence-electron chi connectivity index (χ1n) is 4.73. The highest BCUT2D eigenvalue weighted by molar-refractivity contribution is 7.07. The van der Waals surface area contributed by atoms with Gasteiger partial charge in [0.2, 0.25) is 0 Å². The van der Waals surface area contributed by atoms with E-state index in [1.54, 1.807) is 10.9 Å². The van der Waals surface area contributed by atoms with Crippen molar-refractivity contribution < 1.29 is 9.18 Å². The van der Waals surface area contributed by atoms with Gasteiger partial charge >= 0.3 is 0 Å². The molecule has 0 radical (unpaired) electrons. The Kier molecular flexibility index (Phi) is 3.29. The molecular weight excluding hydrogens is 243 g/mol. The number of amides is 1. The molecule has 0 aliphatic carbocycles. The normalized spacial score (nSPS) is 10.2. The van der Waals surface area contributed by atoms with E-state index in [1.807, 2.05) is 0 Å². The predicted molar refractivity (Wildman–Crippen MR) is 61.9 cm³/mol. The molecule has 2 rings (SSSR count). The number of rotatable bonds is 3. The molecule has 2 heterocycles. The van der Waals surface area contributed by atoms with E-state index in [1.165, 1.54) is 23.6 Å². The van der Waals surface area contributed by atoms with Gasteiger partial charge in [-0.2, -0.15) is 0 Å². The van der Waals surface area contributed by atoms with Gasteiger partial charge < -0.3 is 11.1 Å². The van der Waals surface area contributed by atoms with E-state index in [4.69, 9.17) is 5.73 Å². The molecule has 5 nitrogen and oxygen atoms in total. The van der Waals surface area contributed by atoms with Crippen LogP contribution >= 0.6 is 11.3 Å². The molecule has 2 aromatic heterocycles. The molecule has 3 N–H and O–H groups in total. The number of nitrogens with one attached hydrogen (secondary N) is 1. The third kappa shape index (κ3) is 2.56. The molecule has 0 spiro atoms.